The Morgan fingerprint density at radius 1 is 1.00 bits per heavy atom. The number of nitrogens with zero attached hydrogens (tertiary/aromatic N) is 2. The summed E-state index contributed by atoms with van der Waals surface area (Å²) in [5.74, 6) is -0.918. The number of benzene rings is 3. The van der Waals surface area contributed by atoms with Crippen LogP contribution in [-0.2, 0) is 26.2 Å². The molecule has 8 nitrogen and oxygen atoms in total. The number of ether oxygens (including phenoxy) is 1. The minimum Gasteiger partial charge on any atom is -0.497 e. The van der Waals surface area contributed by atoms with E-state index in [0.717, 1.165) is 34.1 Å². The van der Waals surface area contributed by atoms with Crippen LogP contribution in [0.5, 0.6) is 5.75 Å². The van der Waals surface area contributed by atoms with E-state index < -0.39 is 39.9 Å². The first kappa shape index (κ1) is 31.6. The molecule has 0 fully saturated rings. The zero-order valence-corrected chi connectivity index (χ0v) is 25.2. The Hall–Kier alpha value is -3.92. The molecular weight excluding hydrogens is 545 g/mol. The van der Waals surface area contributed by atoms with Crippen LogP contribution in [0, 0.1) is 12.7 Å². The van der Waals surface area contributed by atoms with Crippen molar-refractivity contribution in [2.75, 3.05) is 18.0 Å². The number of carbonyl (C=O) groups is 2. The van der Waals surface area contributed by atoms with Crippen LogP contribution < -0.4 is 14.4 Å². The average Bonchev–Trinajstić information content (AvgIpc) is 2.91. The Labute approximate surface area is 242 Å². The highest BCUT2D eigenvalue weighted by Crippen LogP contribution is 2.26. The van der Waals surface area contributed by atoms with Gasteiger partial charge in [0.2, 0.25) is 11.8 Å². The predicted octanol–water partition coefficient (Wildman–Crippen LogP) is 5.06. The summed E-state index contributed by atoms with van der Waals surface area (Å²) in [5.41, 5.74) is 1.34. The lowest BCUT2D eigenvalue weighted by Crippen LogP contribution is -2.55. The third-order valence-electron chi connectivity index (χ3n) is 6.37. The fourth-order valence-corrected chi connectivity index (χ4v) is 5.73. The Morgan fingerprint density at radius 3 is 2.20 bits per heavy atom. The summed E-state index contributed by atoms with van der Waals surface area (Å²) in [7, 11) is -2.74. The summed E-state index contributed by atoms with van der Waals surface area (Å²) in [6.45, 7) is 8.67. The summed E-state index contributed by atoms with van der Waals surface area (Å²) in [5, 5.41) is 2.94. The molecule has 0 saturated carbocycles. The fourth-order valence-electron chi connectivity index (χ4n) is 4.31. The van der Waals surface area contributed by atoms with Gasteiger partial charge < -0.3 is 15.0 Å². The van der Waals surface area contributed by atoms with Gasteiger partial charge in [-0.05, 0) is 88.2 Å². The number of hydrogen-bond acceptors (Lipinski definition) is 5. The maximum Gasteiger partial charge on any atom is 0.264 e. The van der Waals surface area contributed by atoms with Gasteiger partial charge in [0, 0.05) is 12.1 Å². The number of anilines is 1. The molecular formula is C31H38FN3O5S. The van der Waals surface area contributed by atoms with Crippen LogP contribution in [0.15, 0.2) is 77.7 Å². The van der Waals surface area contributed by atoms with Gasteiger partial charge in [-0.25, -0.2) is 12.8 Å². The van der Waals surface area contributed by atoms with Gasteiger partial charge in [-0.2, -0.15) is 0 Å². The van der Waals surface area contributed by atoms with E-state index in [4.69, 9.17) is 4.74 Å². The van der Waals surface area contributed by atoms with Crippen molar-refractivity contribution in [1.82, 2.24) is 10.2 Å². The molecule has 220 valence electrons. The van der Waals surface area contributed by atoms with Crippen molar-refractivity contribution in [3.8, 4) is 5.75 Å². The van der Waals surface area contributed by atoms with Crippen LogP contribution in [0.2, 0.25) is 0 Å². The number of carbonyl (C=O) groups excluding carboxylic acids is 2. The number of hydrogen-bond donors (Lipinski definition) is 1. The van der Waals surface area contributed by atoms with Gasteiger partial charge in [-0.3, -0.25) is 13.9 Å². The summed E-state index contributed by atoms with van der Waals surface area (Å²) in [6.07, 6.45) is 0.298. The van der Waals surface area contributed by atoms with Gasteiger partial charge in [0.05, 0.1) is 17.7 Å². The van der Waals surface area contributed by atoms with E-state index >= 15 is 0 Å². The van der Waals surface area contributed by atoms with Crippen molar-refractivity contribution in [3.63, 3.8) is 0 Å². The Morgan fingerprint density at radius 2 is 1.63 bits per heavy atom. The fraction of sp³-hybridized carbons (Fsp3) is 0.355. The molecule has 3 rings (SSSR count). The van der Waals surface area contributed by atoms with Gasteiger partial charge >= 0.3 is 0 Å². The highest BCUT2D eigenvalue weighted by molar-refractivity contribution is 7.92. The van der Waals surface area contributed by atoms with Crippen molar-refractivity contribution in [3.05, 3.63) is 89.7 Å². The number of methoxy groups -OCH3 is 1. The number of nitrogens with one attached hydrogen (secondary N) is 1. The van der Waals surface area contributed by atoms with E-state index in [1.807, 2.05) is 33.8 Å². The minimum absolute atomic E-state index is 0.0461. The maximum absolute atomic E-state index is 14.1. The predicted molar refractivity (Wildman–Crippen MR) is 158 cm³/mol. The average molecular weight is 584 g/mol. The molecule has 3 aromatic carbocycles. The molecule has 0 aromatic heterocycles. The van der Waals surface area contributed by atoms with Crippen molar-refractivity contribution < 1.29 is 27.1 Å². The Kier molecular flexibility index (Phi) is 10.1. The smallest absolute Gasteiger partial charge is 0.264 e. The second kappa shape index (κ2) is 13.2. The van der Waals surface area contributed by atoms with E-state index in [-0.39, 0.29) is 23.0 Å². The largest absolute Gasteiger partial charge is 0.497 e. The molecule has 0 aliphatic carbocycles. The molecule has 1 atom stereocenters. The number of amides is 2. The van der Waals surface area contributed by atoms with Gasteiger partial charge in [0.15, 0.2) is 0 Å². The second-order valence-corrected chi connectivity index (χ2v) is 12.7. The summed E-state index contributed by atoms with van der Waals surface area (Å²) < 4.78 is 47.6. The van der Waals surface area contributed by atoms with Gasteiger partial charge in [-0.1, -0.05) is 36.8 Å². The molecule has 0 spiro atoms. The molecule has 0 heterocycles. The van der Waals surface area contributed by atoms with E-state index in [1.165, 1.54) is 12.0 Å². The lowest BCUT2D eigenvalue weighted by molar-refractivity contribution is -0.141. The van der Waals surface area contributed by atoms with Crippen molar-refractivity contribution in [2.24, 2.45) is 0 Å². The summed E-state index contributed by atoms with van der Waals surface area (Å²) in [6, 6.07) is 17.4. The maximum atomic E-state index is 14.1. The second-order valence-electron chi connectivity index (χ2n) is 10.8. The summed E-state index contributed by atoms with van der Waals surface area (Å²) in [4.78, 5) is 28.7. The third kappa shape index (κ3) is 8.29. The normalized spacial score (nSPS) is 12.4. The van der Waals surface area contributed by atoms with Crippen LogP contribution >= 0.6 is 0 Å². The quantitative estimate of drug-likeness (QED) is 0.341. The molecule has 0 bridgehead atoms. The molecule has 0 aliphatic rings. The van der Waals surface area contributed by atoms with Crippen LogP contribution in [0.1, 0.15) is 45.2 Å². The van der Waals surface area contributed by atoms with E-state index in [0.29, 0.717) is 17.7 Å². The van der Waals surface area contributed by atoms with Crippen molar-refractivity contribution >= 4 is 27.5 Å². The molecule has 3 aromatic rings. The van der Waals surface area contributed by atoms with E-state index in [1.54, 1.807) is 49.4 Å². The number of rotatable bonds is 11. The number of aryl methyl sites for hydroxylation is 1. The van der Waals surface area contributed by atoms with Gasteiger partial charge in [0.1, 0.15) is 24.2 Å². The van der Waals surface area contributed by atoms with E-state index in [2.05, 4.69) is 5.32 Å². The highest BCUT2D eigenvalue weighted by atomic mass is 32.2. The lowest BCUT2D eigenvalue weighted by Gasteiger charge is -2.34. The SMILES string of the molecule is CC[C@H](C(=O)NC(C)(C)C)N(Cc1cccc(OC)c1)C(=O)CN(c1ccc(C)cc1)S(=O)(=O)c1ccc(F)cc1. The first-order chi connectivity index (χ1) is 19.2. The van der Waals surface area contributed by atoms with E-state index in [9.17, 15) is 22.4 Å². The first-order valence-electron chi connectivity index (χ1n) is 13.3. The minimum atomic E-state index is -4.28. The molecule has 1 N–H and O–H groups in total. The topological polar surface area (TPSA) is 96.0 Å². The number of halogens is 1. The van der Waals surface area contributed by atoms with Crippen LogP contribution in [0.3, 0.4) is 0 Å². The highest BCUT2D eigenvalue weighted by Gasteiger charge is 2.34. The lowest BCUT2D eigenvalue weighted by atomic mass is 10.1. The summed E-state index contributed by atoms with van der Waals surface area (Å²) >= 11 is 0. The first-order valence-corrected chi connectivity index (χ1v) is 14.8. The molecule has 0 saturated heterocycles. The van der Waals surface area contributed by atoms with Crippen LogP contribution in [0.4, 0.5) is 10.1 Å². The Balaban J connectivity index is 2.07. The monoisotopic (exact) mass is 583 g/mol. The molecule has 0 unspecified atom stereocenters. The van der Waals surface area contributed by atoms with Gasteiger partial charge in [-0.15, -0.1) is 0 Å². The molecule has 0 radical (unpaired) electrons. The molecule has 41 heavy (non-hydrogen) atoms. The zero-order valence-electron chi connectivity index (χ0n) is 24.3. The Bertz CT molecular complexity index is 1450. The third-order valence-corrected chi connectivity index (χ3v) is 8.16. The van der Waals surface area contributed by atoms with Crippen molar-refractivity contribution in [2.45, 2.75) is 64.1 Å². The van der Waals surface area contributed by atoms with Crippen LogP contribution in [-0.4, -0.2) is 50.4 Å². The molecule has 10 heteroatoms. The molecule has 0 aliphatic heterocycles. The zero-order chi connectivity index (χ0) is 30.4. The van der Waals surface area contributed by atoms with Gasteiger partial charge in [0.25, 0.3) is 10.0 Å². The standard InChI is InChI=1S/C31H38FN3O5S/c1-7-28(30(37)33-31(3,4)5)34(20-23-9-8-10-26(19-23)40-6)29(36)21-35(25-15-11-22(2)12-16-25)41(38,39)27-17-13-24(32)14-18-27/h8-19,28H,7,20-21H2,1-6H3,(H,33,37)/t28-/m1/s1. The van der Waals surface area contributed by atoms with Crippen molar-refractivity contribution in [1.29, 1.82) is 0 Å². The molecule has 2 amide bonds. The van der Waals surface area contributed by atoms with Crippen LogP contribution in [0.25, 0.3) is 0 Å². The number of sulfonamides is 1.